The summed E-state index contributed by atoms with van der Waals surface area (Å²) in [6, 6.07) is 1.44. The average molecular weight is 767 g/mol. The summed E-state index contributed by atoms with van der Waals surface area (Å²) in [6.07, 6.45) is -0.165. The van der Waals surface area contributed by atoms with Crippen molar-refractivity contribution in [1.82, 2.24) is 30.7 Å². The fourth-order valence-corrected chi connectivity index (χ4v) is 7.88. The molecule has 1 aromatic rings. The Labute approximate surface area is 322 Å². The van der Waals surface area contributed by atoms with Crippen LogP contribution in [0, 0.1) is 35.3 Å². The first-order valence-corrected chi connectivity index (χ1v) is 19.3. The number of carbonyl (C=O) groups excluding carboxylic acids is 4. The molecular formula is C40H68F2N6O6. The second-order valence-corrected chi connectivity index (χ2v) is 15.8. The fraction of sp³-hybridized carbons (Fsp3) is 0.750. The summed E-state index contributed by atoms with van der Waals surface area (Å²) in [5.74, 6) is -3.31. The van der Waals surface area contributed by atoms with Crippen LogP contribution in [0.1, 0.15) is 73.3 Å². The van der Waals surface area contributed by atoms with Crippen LogP contribution in [0.15, 0.2) is 18.2 Å². The summed E-state index contributed by atoms with van der Waals surface area (Å²) >= 11 is 0. The van der Waals surface area contributed by atoms with Crippen molar-refractivity contribution in [2.45, 2.75) is 117 Å². The summed E-state index contributed by atoms with van der Waals surface area (Å²) < 4.78 is 40.2. The number of nitrogens with zero attached hydrogens (tertiary/aromatic N) is 3. The Bertz CT molecular complexity index is 1350. The molecule has 1 aliphatic rings. The van der Waals surface area contributed by atoms with Gasteiger partial charge in [0.05, 0.1) is 42.7 Å². The van der Waals surface area contributed by atoms with Crippen LogP contribution in [0.2, 0.25) is 0 Å². The monoisotopic (exact) mass is 767 g/mol. The van der Waals surface area contributed by atoms with Gasteiger partial charge in [0.25, 0.3) is 0 Å². The third kappa shape index (κ3) is 11.9. The zero-order chi connectivity index (χ0) is 41.0. The molecule has 0 aliphatic carbocycles. The molecule has 4 amide bonds. The molecule has 0 spiro atoms. The lowest BCUT2D eigenvalue weighted by atomic mass is 9.89. The molecule has 2 unspecified atom stereocenters. The number of methoxy groups -OCH3 is 2. The molecule has 0 bridgehead atoms. The first-order valence-electron chi connectivity index (χ1n) is 19.3. The zero-order valence-electron chi connectivity index (χ0n) is 34.9. The van der Waals surface area contributed by atoms with Crippen LogP contribution in [0.3, 0.4) is 0 Å². The molecule has 12 nitrogen and oxygen atoms in total. The Hall–Kier alpha value is -3.20. The normalized spacial score (nSPS) is 20.0. The molecule has 0 radical (unpaired) electrons. The summed E-state index contributed by atoms with van der Waals surface area (Å²) in [7, 11) is 10.2. The minimum absolute atomic E-state index is 0.0178. The molecule has 308 valence electrons. The van der Waals surface area contributed by atoms with E-state index in [0.717, 1.165) is 0 Å². The summed E-state index contributed by atoms with van der Waals surface area (Å²) in [6.45, 7) is 13.9. The highest BCUT2D eigenvalue weighted by Gasteiger charge is 2.45. The SMILES string of the molecule is CC[C@H](C)C([C@@H](CC(=O)N1C[C@@H](NC)C[C@H]1[C@H](OC)[C@@H](C)C(=O)NCCc1c(F)cccc1F)OC)N(C)C(=O)[C@@H](NC(=O)C(C(C)C)N(C)C)C(C)C. The summed E-state index contributed by atoms with van der Waals surface area (Å²) in [4.78, 5) is 60.5. The Kier molecular flexibility index (Phi) is 18.9. The van der Waals surface area contributed by atoms with Gasteiger partial charge in [-0.3, -0.25) is 24.1 Å². The standard InChI is InChI=1S/C40H68F2N6O6/c1-14-25(6)36(47(11)40(52)34(23(2)3)45-39(51)35(24(4)5)46(9)10)32(53-12)21-33(49)48-22-27(43-8)20-31(48)37(54-13)26(7)38(50)44-19-18-28-29(41)16-15-17-30(28)42/h15-17,23-27,31-32,34-37,43H,14,18-22H2,1-13H3,(H,44,50)(H,45,51)/t25-,26+,27-,31-,32+,34-,35?,36?,37+/m0/s1. The van der Waals surface area contributed by atoms with Crippen molar-refractivity contribution in [2.75, 3.05) is 55.5 Å². The second kappa shape index (κ2) is 21.8. The van der Waals surface area contributed by atoms with E-state index in [-0.39, 0.29) is 72.4 Å². The highest BCUT2D eigenvalue weighted by Crippen LogP contribution is 2.30. The van der Waals surface area contributed by atoms with Crippen molar-refractivity contribution in [3.05, 3.63) is 35.4 Å². The van der Waals surface area contributed by atoms with Crippen LogP contribution < -0.4 is 16.0 Å². The number of rotatable bonds is 21. The maximum absolute atomic E-state index is 14.3. The number of hydrogen-bond donors (Lipinski definition) is 3. The van der Waals surface area contributed by atoms with Gasteiger partial charge in [0, 0.05) is 46.0 Å². The highest BCUT2D eigenvalue weighted by atomic mass is 19.1. The third-order valence-corrected chi connectivity index (χ3v) is 11.1. The minimum atomic E-state index is -0.788. The number of carbonyl (C=O) groups is 4. The van der Waals surface area contributed by atoms with Crippen molar-refractivity contribution < 1.29 is 37.4 Å². The van der Waals surface area contributed by atoms with Gasteiger partial charge in [-0.15, -0.1) is 0 Å². The maximum Gasteiger partial charge on any atom is 0.245 e. The lowest BCUT2D eigenvalue weighted by Crippen LogP contribution is -2.59. The van der Waals surface area contributed by atoms with Gasteiger partial charge in [-0.05, 0) is 63.9 Å². The lowest BCUT2D eigenvalue weighted by Gasteiger charge is -2.41. The molecule has 2 rings (SSSR count). The fourth-order valence-electron chi connectivity index (χ4n) is 7.88. The predicted molar refractivity (Wildman–Crippen MR) is 207 cm³/mol. The van der Waals surface area contributed by atoms with E-state index < -0.39 is 53.9 Å². The average Bonchev–Trinajstić information content (AvgIpc) is 3.55. The maximum atomic E-state index is 14.3. The van der Waals surface area contributed by atoms with Crippen LogP contribution in [0.4, 0.5) is 8.78 Å². The lowest BCUT2D eigenvalue weighted by molar-refractivity contribution is -0.148. The van der Waals surface area contributed by atoms with E-state index in [1.807, 2.05) is 67.6 Å². The Morgan fingerprint density at radius 2 is 1.56 bits per heavy atom. The molecule has 54 heavy (non-hydrogen) atoms. The van der Waals surface area contributed by atoms with Gasteiger partial charge in [0.15, 0.2) is 0 Å². The van der Waals surface area contributed by atoms with Gasteiger partial charge in [0.2, 0.25) is 23.6 Å². The quantitative estimate of drug-likeness (QED) is 0.174. The molecular weight excluding hydrogens is 698 g/mol. The molecule has 1 heterocycles. The number of likely N-dealkylation sites (N-methyl/N-ethyl adjacent to an activating group) is 3. The number of hydrogen-bond acceptors (Lipinski definition) is 8. The van der Waals surface area contributed by atoms with Crippen LogP contribution in [0.25, 0.3) is 0 Å². The number of amides is 4. The summed E-state index contributed by atoms with van der Waals surface area (Å²) in [5, 5.41) is 9.06. The number of likely N-dealkylation sites (tertiary alicyclic amines) is 1. The Balaban J connectivity index is 2.30. The third-order valence-electron chi connectivity index (χ3n) is 11.1. The van der Waals surface area contributed by atoms with Gasteiger partial charge in [-0.25, -0.2) is 8.78 Å². The van der Waals surface area contributed by atoms with E-state index in [9.17, 15) is 28.0 Å². The largest absolute Gasteiger partial charge is 0.379 e. The molecule has 1 aromatic carbocycles. The minimum Gasteiger partial charge on any atom is -0.379 e. The number of nitrogens with one attached hydrogen (secondary N) is 3. The molecule has 1 fully saturated rings. The van der Waals surface area contributed by atoms with E-state index in [2.05, 4.69) is 16.0 Å². The Morgan fingerprint density at radius 1 is 0.944 bits per heavy atom. The van der Waals surface area contributed by atoms with Crippen molar-refractivity contribution in [2.24, 2.45) is 23.7 Å². The van der Waals surface area contributed by atoms with Crippen molar-refractivity contribution in [3.63, 3.8) is 0 Å². The number of halogens is 2. The first kappa shape index (κ1) is 47.0. The van der Waals surface area contributed by atoms with Gasteiger partial charge in [-0.1, -0.05) is 61.0 Å². The highest BCUT2D eigenvalue weighted by molar-refractivity contribution is 5.90. The van der Waals surface area contributed by atoms with Gasteiger partial charge in [-0.2, -0.15) is 0 Å². The van der Waals surface area contributed by atoms with E-state index in [1.165, 1.54) is 32.4 Å². The molecule has 9 atom stereocenters. The summed E-state index contributed by atoms with van der Waals surface area (Å²) in [5.41, 5.74) is -0.0949. The molecule has 1 saturated heterocycles. The molecule has 3 N–H and O–H groups in total. The smallest absolute Gasteiger partial charge is 0.245 e. The molecule has 0 aromatic heterocycles. The van der Waals surface area contributed by atoms with Gasteiger partial charge >= 0.3 is 0 Å². The van der Waals surface area contributed by atoms with Crippen molar-refractivity contribution in [3.8, 4) is 0 Å². The van der Waals surface area contributed by atoms with Crippen LogP contribution in [0.5, 0.6) is 0 Å². The van der Waals surface area contributed by atoms with Crippen molar-refractivity contribution in [1.29, 1.82) is 0 Å². The zero-order valence-corrected chi connectivity index (χ0v) is 34.9. The van der Waals surface area contributed by atoms with Crippen LogP contribution in [-0.2, 0) is 35.1 Å². The van der Waals surface area contributed by atoms with Crippen LogP contribution in [-0.4, -0.2) is 136 Å². The van der Waals surface area contributed by atoms with E-state index >= 15 is 0 Å². The number of ether oxygens (including phenoxy) is 2. The second-order valence-electron chi connectivity index (χ2n) is 15.8. The molecule has 1 aliphatic heterocycles. The van der Waals surface area contributed by atoms with E-state index in [1.54, 1.807) is 23.8 Å². The van der Waals surface area contributed by atoms with E-state index in [4.69, 9.17) is 9.47 Å². The molecule has 14 heteroatoms. The van der Waals surface area contributed by atoms with Gasteiger partial charge in [0.1, 0.15) is 17.7 Å². The van der Waals surface area contributed by atoms with Gasteiger partial charge < -0.3 is 35.2 Å². The number of benzene rings is 1. The molecule has 0 saturated carbocycles. The first-order chi connectivity index (χ1) is 25.4. The van der Waals surface area contributed by atoms with Crippen molar-refractivity contribution >= 4 is 23.6 Å². The predicted octanol–water partition coefficient (Wildman–Crippen LogP) is 3.47. The Morgan fingerprint density at radius 3 is 2.04 bits per heavy atom. The van der Waals surface area contributed by atoms with Crippen LogP contribution >= 0.6 is 0 Å². The van der Waals surface area contributed by atoms with E-state index in [0.29, 0.717) is 19.4 Å². The topological polar surface area (TPSA) is 133 Å².